The van der Waals surface area contributed by atoms with E-state index in [0.717, 1.165) is 36.9 Å². The number of aromatic nitrogens is 2. The highest BCUT2D eigenvalue weighted by Gasteiger charge is 2.03. The molecule has 0 fully saturated rings. The van der Waals surface area contributed by atoms with Gasteiger partial charge >= 0.3 is 0 Å². The van der Waals surface area contributed by atoms with Gasteiger partial charge in [-0.15, -0.1) is 0 Å². The molecular formula is C19H29N5O. The third-order valence-electron chi connectivity index (χ3n) is 3.97. The van der Waals surface area contributed by atoms with E-state index in [-0.39, 0.29) is 0 Å². The van der Waals surface area contributed by atoms with E-state index < -0.39 is 0 Å². The van der Waals surface area contributed by atoms with Crippen molar-refractivity contribution in [2.45, 2.75) is 40.3 Å². The zero-order valence-electron chi connectivity index (χ0n) is 15.9. The fraction of sp³-hybridized carbons (Fsp3) is 0.474. The molecule has 0 atom stereocenters. The summed E-state index contributed by atoms with van der Waals surface area (Å²) in [5.74, 6) is 1.68. The summed E-state index contributed by atoms with van der Waals surface area (Å²) < 4.78 is 7.37. The first-order valence-corrected chi connectivity index (χ1v) is 8.62. The third kappa shape index (κ3) is 5.81. The van der Waals surface area contributed by atoms with Gasteiger partial charge in [-0.1, -0.05) is 6.07 Å². The first kappa shape index (κ1) is 18.8. The van der Waals surface area contributed by atoms with Crippen LogP contribution < -0.4 is 15.4 Å². The monoisotopic (exact) mass is 343 g/mol. The summed E-state index contributed by atoms with van der Waals surface area (Å²) in [6.07, 6.45) is 0.987. The van der Waals surface area contributed by atoms with Crippen LogP contribution in [0.15, 0.2) is 29.3 Å². The van der Waals surface area contributed by atoms with E-state index in [9.17, 15) is 0 Å². The zero-order valence-corrected chi connectivity index (χ0v) is 15.9. The largest absolute Gasteiger partial charge is 0.497 e. The second-order valence-electron chi connectivity index (χ2n) is 6.21. The number of aryl methyl sites for hydroxylation is 4. The van der Waals surface area contributed by atoms with Gasteiger partial charge in [0.25, 0.3) is 0 Å². The third-order valence-corrected chi connectivity index (χ3v) is 3.97. The quantitative estimate of drug-likeness (QED) is 0.461. The molecule has 25 heavy (non-hydrogen) atoms. The molecule has 1 aromatic carbocycles. The molecule has 0 saturated carbocycles. The minimum absolute atomic E-state index is 0.704. The SMILES string of the molecule is CN=C(NCCCn1nc(C)cc1C)NCc1cc(C)cc(OC)c1. The molecule has 2 aromatic rings. The van der Waals surface area contributed by atoms with Gasteiger partial charge in [-0.25, -0.2) is 0 Å². The van der Waals surface area contributed by atoms with Crippen molar-refractivity contribution in [1.82, 2.24) is 20.4 Å². The van der Waals surface area contributed by atoms with Gasteiger partial charge in [-0.05, 0) is 56.5 Å². The number of benzene rings is 1. The number of nitrogens with zero attached hydrogens (tertiary/aromatic N) is 3. The van der Waals surface area contributed by atoms with Gasteiger partial charge in [0.05, 0.1) is 12.8 Å². The van der Waals surface area contributed by atoms with Crippen LogP contribution in [0.2, 0.25) is 0 Å². The maximum absolute atomic E-state index is 5.32. The topological polar surface area (TPSA) is 63.5 Å². The molecule has 0 aliphatic rings. The van der Waals surface area contributed by atoms with Crippen molar-refractivity contribution in [3.05, 3.63) is 46.8 Å². The van der Waals surface area contributed by atoms with Crippen molar-refractivity contribution in [2.75, 3.05) is 20.7 Å². The lowest BCUT2D eigenvalue weighted by atomic mass is 10.1. The summed E-state index contributed by atoms with van der Waals surface area (Å²) in [6, 6.07) is 8.31. The lowest BCUT2D eigenvalue weighted by Crippen LogP contribution is -2.37. The average Bonchev–Trinajstić information content (AvgIpc) is 2.91. The van der Waals surface area contributed by atoms with E-state index in [0.29, 0.717) is 6.54 Å². The predicted molar refractivity (Wildman–Crippen MR) is 102 cm³/mol. The molecule has 136 valence electrons. The van der Waals surface area contributed by atoms with E-state index in [4.69, 9.17) is 4.74 Å². The van der Waals surface area contributed by atoms with Crippen LogP contribution in [0.1, 0.15) is 28.9 Å². The van der Waals surface area contributed by atoms with E-state index in [2.05, 4.69) is 46.7 Å². The van der Waals surface area contributed by atoms with E-state index in [1.807, 2.05) is 23.7 Å². The Morgan fingerprint density at radius 3 is 2.60 bits per heavy atom. The van der Waals surface area contributed by atoms with Crippen molar-refractivity contribution < 1.29 is 4.74 Å². The van der Waals surface area contributed by atoms with Crippen LogP contribution in [-0.4, -0.2) is 36.4 Å². The van der Waals surface area contributed by atoms with Gasteiger partial charge in [0, 0.05) is 32.4 Å². The van der Waals surface area contributed by atoms with Crippen molar-refractivity contribution in [3.8, 4) is 5.75 Å². The van der Waals surface area contributed by atoms with E-state index in [1.54, 1.807) is 14.2 Å². The summed E-state index contributed by atoms with van der Waals surface area (Å²) in [7, 11) is 3.47. The Morgan fingerprint density at radius 2 is 1.96 bits per heavy atom. The number of guanidine groups is 1. The Labute approximate surface area is 150 Å². The molecule has 6 heteroatoms. The van der Waals surface area contributed by atoms with Crippen LogP contribution in [0.25, 0.3) is 0 Å². The summed E-state index contributed by atoms with van der Waals surface area (Å²) in [4.78, 5) is 4.28. The van der Waals surface area contributed by atoms with Crippen LogP contribution in [0.4, 0.5) is 0 Å². The summed E-state index contributed by atoms with van der Waals surface area (Å²) in [5.41, 5.74) is 4.62. The van der Waals surface area contributed by atoms with Gasteiger partial charge in [0.15, 0.2) is 5.96 Å². The molecule has 2 N–H and O–H groups in total. The second kappa shape index (κ2) is 9.11. The van der Waals surface area contributed by atoms with Crippen LogP contribution in [0.3, 0.4) is 0 Å². The van der Waals surface area contributed by atoms with Gasteiger partial charge in [0.1, 0.15) is 5.75 Å². The maximum atomic E-state index is 5.32. The molecule has 2 rings (SSSR count). The number of aliphatic imine (C=N–C) groups is 1. The Balaban J connectivity index is 1.77. The number of hydrogen-bond acceptors (Lipinski definition) is 3. The van der Waals surface area contributed by atoms with Crippen LogP contribution in [0.5, 0.6) is 5.75 Å². The standard InChI is InChI=1S/C19H29N5O/c1-14-9-17(12-18(10-14)25-5)13-22-19(20-4)21-7-6-8-24-16(3)11-15(2)23-24/h9-12H,6-8,13H2,1-5H3,(H2,20,21,22). The highest BCUT2D eigenvalue weighted by atomic mass is 16.5. The van der Waals surface area contributed by atoms with Gasteiger partial charge in [-0.2, -0.15) is 5.10 Å². The van der Waals surface area contributed by atoms with Crippen molar-refractivity contribution >= 4 is 5.96 Å². The molecule has 0 saturated heterocycles. The molecule has 0 unspecified atom stereocenters. The summed E-state index contributed by atoms with van der Waals surface area (Å²) in [6.45, 7) is 8.62. The lowest BCUT2D eigenvalue weighted by molar-refractivity contribution is 0.414. The van der Waals surface area contributed by atoms with Gasteiger partial charge in [0.2, 0.25) is 0 Å². The predicted octanol–water partition coefficient (Wildman–Crippen LogP) is 2.57. The summed E-state index contributed by atoms with van der Waals surface area (Å²) in [5, 5.41) is 11.2. The molecular weight excluding hydrogens is 314 g/mol. The molecule has 1 aromatic heterocycles. The molecule has 0 spiro atoms. The molecule has 0 aliphatic heterocycles. The Morgan fingerprint density at radius 1 is 1.16 bits per heavy atom. The first-order valence-electron chi connectivity index (χ1n) is 8.62. The van der Waals surface area contributed by atoms with Crippen molar-refractivity contribution in [3.63, 3.8) is 0 Å². The molecule has 6 nitrogen and oxygen atoms in total. The van der Waals surface area contributed by atoms with Crippen LogP contribution >= 0.6 is 0 Å². The fourth-order valence-corrected chi connectivity index (χ4v) is 2.79. The Kier molecular flexibility index (Phi) is 6.86. The Bertz CT molecular complexity index is 721. The summed E-state index contributed by atoms with van der Waals surface area (Å²) >= 11 is 0. The number of methoxy groups -OCH3 is 1. The normalized spacial score (nSPS) is 11.5. The zero-order chi connectivity index (χ0) is 18.2. The first-order chi connectivity index (χ1) is 12.0. The minimum Gasteiger partial charge on any atom is -0.497 e. The van der Waals surface area contributed by atoms with Crippen molar-refractivity contribution in [2.24, 2.45) is 4.99 Å². The number of rotatable bonds is 7. The number of hydrogen-bond donors (Lipinski definition) is 2. The van der Waals surface area contributed by atoms with Gasteiger partial charge < -0.3 is 15.4 Å². The molecule has 0 radical (unpaired) electrons. The van der Waals surface area contributed by atoms with Crippen LogP contribution in [0, 0.1) is 20.8 Å². The number of ether oxygens (including phenoxy) is 1. The van der Waals surface area contributed by atoms with E-state index >= 15 is 0 Å². The van der Waals surface area contributed by atoms with E-state index in [1.165, 1.54) is 16.8 Å². The maximum Gasteiger partial charge on any atom is 0.191 e. The minimum atomic E-state index is 0.704. The average molecular weight is 343 g/mol. The highest BCUT2D eigenvalue weighted by molar-refractivity contribution is 5.79. The molecule has 0 aliphatic carbocycles. The number of nitrogens with one attached hydrogen (secondary N) is 2. The lowest BCUT2D eigenvalue weighted by Gasteiger charge is -2.13. The molecule has 1 heterocycles. The fourth-order valence-electron chi connectivity index (χ4n) is 2.79. The molecule has 0 amide bonds. The van der Waals surface area contributed by atoms with Crippen molar-refractivity contribution in [1.29, 1.82) is 0 Å². The highest BCUT2D eigenvalue weighted by Crippen LogP contribution is 2.16. The van der Waals surface area contributed by atoms with Crippen LogP contribution in [-0.2, 0) is 13.1 Å². The van der Waals surface area contributed by atoms with Gasteiger partial charge in [-0.3, -0.25) is 9.67 Å². The smallest absolute Gasteiger partial charge is 0.191 e. The second-order valence-corrected chi connectivity index (χ2v) is 6.21. The molecule has 0 bridgehead atoms. The Hall–Kier alpha value is -2.50.